The van der Waals surface area contributed by atoms with Crippen LogP contribution in [-0.2, 0) is 4.79 Å². The van der Waals surface area contributed by atoms with E-state index in [4.69, 9.17) is 4.98 Å². The monoisotopic (exact) mass is 346 g/mol. The third-order valence-electron chi connectivity index (χ3n) is 5.56. The number of hydrogen-bond donors (Lipinski definition) is 0. The van der Waals surface area contributed by atoms with E-state index in [1.807, 2.05) is 30.5 Å². The van der Waals surface area contributed by atoms with Crippen LogP contribution in [0.5, 0.6) is 0 Å². The number of piperidine rings is 1. The van der Waals surface area contributed by atoms with E-state index in [1.165, 1.54) is 0 Å². The highest BCUT2D eigenvalue weighted by Crippen LogP contribution is 2.35. The molecule has 1 aliphatic carbocycles. The molecule has 0 atom stereocenters. The number of imidazole rings is 1. The van der Waals surface area contributed by atoms with E-state index in [2.05, 4.69) is 32.7 Å². The molecule has 1 aromatic carbocycles. The molecule has 2 aliphatic rings. The van der Waals surface area contributed by atoms with Gasteiger partial charge in [0.25, 0.3) is 0 Å². The van der Waals surface area contributed by atoms with Crippen molar-refractivity contribution in [3.8, 4) is 11.5 Å². The van der Waals surface area contributed by atoms with Crippen molar-refractivity contribution in [3.05, 3.63) is 48.7 Å². The Hall–Kier alpha value is -2.69. The van der Waals surface area contributed by atoms with Gasteiger partial charge in [-0.2, -0.15) is 0 Å². The number of amides is 1. The van der Waals surface area contributed by atoms with Crippen molar-refractivity contribution >= 4 is 16.9 Å². The highest BCUT2D eigenvalue weighted by Gasteiger charge is 2.35. The van der Waals surface area contributed by atoms with Crippen LogP contribution in [0.2, 0.25) is 0 Å². The topological polar surface area (TPSA) is 51.0 Å². The summed E-state index contributed by atoms with van der Waals surface area (Å²) in [6.45, 7) is 1.68. The molecule has 0 unspecified atom stereocenters. The summed E-state index contributed by atoms with van der Waals surface area (Å²) < 4.78 is 2.34. The molecular weight excluding hydrogens is 324 g/mol. The summed E-state index contributed by atoms with van der Waals surface area (Å²) in [6.07, 6.45) is 5.91. The molecule has 1 saturated carbocycles. The van der Waals surface area contributed by atoms with Crippen molar-refractivity contribution in [2.24, 2.45) is 5.92 Å². The number of para-hydroxylation sites is 2. The van der Waals surface area contributed by atoms with Crippen LogP contribution in [0.25, 0.3) is 22.6 Å². The van der Waals surface area contributed by atoms with Gasteiger partial charge < -0.3 is 9.47 Å². The van der Waals surface area contributed by atoms with E-state index in [9.17, 15) is 4.79 Å². The van der Waals surface area contributed by atoms with Gasteiger partial charge in [0.1, 0.15) is 5.69 Å². The second-order valence-electron chi connectivity index (χ2n) is 7.34. The Morgan fingerprint density at radius 1 is 0.962 bits per heavy atom. The van der Waals surface area contributed by atoms with Gasteiger partial charge >= 0.3 is 0 Å². The molecule has 132 valence electrons. The number of fused-ring (bicyclic) bond motifs is 1. The van der Waals surface area contributed by atoms with Crippen molar-refractivity contribution < 1.29 is 4.79 Å². The molecule has 26 heavy (non-hydrogen) atoms. The van der Waals surface area contributed by atoms with Crippen LogP contribution in [0.1, 0.15) is 31.7 Å². The molecule has 1 amide bonds. The smallest absolute Gasteiger partial charge is 0.225 e. The Morgan fingerprint density at radius 2 is 1.73 bits per heavy atom. The predicted molar refractivity (Wildman–Crippen MR) is 101 cm³/mol. The van der Waals surface area contributed by atoms with Crippen molar-refractivity contribution in [2.75, 3.05) is 13.1 Å². The maximum absolute atomic E-state index is 12.4. The number of hydrogen-bond acceptors (Lipinski definition) is 3. The minimum Gasteiger partial charge on any atom is -0.342 e. The average Bonchev–Trinajstić information content (AvgIpc) is 3.48. The largest absolute Gasteiger partial charge is 0.342 e. The Labute approximate surface area is 152 Å². The average molecular weight is 346 g/mol. The van der Waals surface area contributed by atoms with Crippen LogP contribution in [0.4, 0.5) is 0 Å². The Balaban J connectivity index is 1.49. The van der Waals surface area contributed by atoms with Crippen molar-refractivity contribution in [1.82, 2.24) is 19.4 Å². The first-order valence-corrected chi connectivity index (χ1v) is 9.48. The third kappa shape index (κ3) is 2.68. The number of aromatic nitrogens is 3. The lowest BCUT2D eigenvalue weighted by molar-refractivity contribution is -0.133. The standard InChI is InChI=1S/C21H22N4O/c26-21(15-8-9-15)24-13-10-16(11-14-24)25-19-7-2-1-5-17(19)23-20(25)18-6-3-4-12-22-18/h1-7,12,15-16H,8-11,13-14H2. The fourth-order valence-corrected chi connectivity index (χ4v) is 4.02. The summed E-state index contributed by atoms with van der Waals surface area (Å²) in [4.78, 5) is 23.8. The van der Waals surface area contributed by atoms with E-state index < -0.39 is 0 Å². The molecule has 0 radical (unpaired) electrons. The van der Waals surface area contributed by atoms with Crippen LogP contribution >= 0.6 is 0 Å². The van der Waals surface area contributed by atoms with Gasteiger partial charge in [-0.1, -0.05) is 18.2 Å². The highest BCUT2D eigenvalue weighted by atomic mass is 16.2. The van der Waals surface area contributed by atoms with Crippen LogP contribution in [0.3, 0.4) is 0 Å². The van der Waals surface area contributed by atoms with E-state index in [0.29, 0.717) is 17.9 Å². The third-order valence-corrected chi connectivity index (χ3v) is 5.56. The normalized spacial score (nSPS) is 18.4. The first kappa shape index (κ1) is 15.6. The molecule has 1 saturated heterocycles. The number of carbonyl (C=O) groups is 1. The number of pyridine rings is 1. The quantitative estimate of drug-likeness (QED) is 0.727. The molecule has 0 spiro atoms. The predicted octanol–water partition coefficient (Wildman–Crippen LogP) is 3.67. The molecule has 2 fully saturated rings. The fourth-order valence-electron chi connectivity index (χ4n) is 4.02. The fraction of sp³-hybridized carbons (Fsp3) is 0.381. The van der Waals surface area contributed by atoms with Gasteiger partial charge in [-0.05, 0) is 49.9 Å². The van der Waals surface area contributed by atoms with Gasteiger partial charge in [-0.15, -0.1) is 0 Å². The summed E-state index contributed by atoms with van der Waals surface area (Å²) in [5.41, 5.74) is 3.06. The summed E-state index contributed by atoms with van der Waals surface area (Å²) in [5, 5.41) is 0. The first-order chi connectivity index (χ1) is 12.8. The molecule has 3 aromatic rings. The number of rotatable bonds is 3. The molecule has 3 heterocycles. The molecule has 5 rings (SSSR count). The zero-order valence-electron chi connectivity index (χ0n) is 14.7. The molecule has 0 bridgehead atoms. The summed E-state index contributed by atoms with van der Waals surface area (Å²) >= 11 is 0. The number of nitrogens with zero attached hydrogens (tertiary/aromatic N) is 4. The number of likely N-dealkylation sites (tertiary alicyclic amines) is 1. The molecule has 2 aromatic heterocycles. The lowest BCUT2D eigenvalue weighted by Gasteiger charge is -2.33. The van der Waals surface area contributed by atoms with Gasteiger partial charge in [-0.3, -0.25) is 9.78 Å². The van der Waals surface area contributed by atoms with Crippen molar-refractivity contribution in [1.29, 1.82) is 0 Å². The lowest BCUT2D eigenvalue weighted by atomic mass is 10.0. The van der Waals surface area contributed by atoms with E-state index >= 15 is 0 Å². The minimum atomic E-state index is 0.310. The lowest BCUT2D eigenvalue weighted by Crippen LogP contribution is -2.39. The van der Waals surface area contributed by atoms with Crippen molar-refractivity contribution in [2.45, 2.75) is 31.7 Å². The maximum Gasteiger partial charge on any atom is 0.225 e. The van der Waals surface area contributed by atoms with E-state index in [1.54, 1.807) is 0 Å². The Bertz CT molecular complexity index is 937. The van der Waals surface area contributed by atoms with Gasteiger partial charge in [0, 0.05) is 31.2 Å². The Kier molecular flexibility index (Phi) is 3.73. The van der Waals surface area contributed by atoms with Gasteiger partial charge in [0.15, 0.2) is 5.82 Å². The Morgan fingerprint density at radius 3 is 2.46 bits per heavy atom. The van der Waals surface area contributed by atoms with E-state index in [0.717, 1.165) is 61.3 Å². The highest BCUT2D eigenvalue weighted by molar-refractivity contribution is 5.81. The van der Waals surface area contributed by atoms with Crippen LogP contribution in [-0.4, -0.2) is 38.4 Å². The molecule has 1 aliphatic heterocycles. The number of carbonyl (C=O) groups excluding carboxylic acids is 1. The summed E-state index contributed by atoms with van der Waals surface area (Å²) in [7, 11) is 0. The molecular formula is C21H22N4O. The van der Waals surface area contributed by atoms with Gasteiger partial charge in [-0.25, -0.2) is 4.98 Å². The first-order valence-electron chi connectivity index (χ1n) is 9.48. The van der Waals surface area contributed by atoms with Gasteiger partial charge in [0.2, 0.25) is 5.91 Å². The molecule has 0 N–H and O–H groups in total. The summed E-state index contributed by atoms with van der Waals surface area (Å²) in [5.74, 6) is 1.60. The maximum atomic E-state index is 12.4. The van der Waals surface area contributed by atoms with Crippen LogP contribution in [0.15, 0.2) is 48.7 Å². The molecule has 5 heteroatoms. The zero-order valence-corrected chi connectivity index (χ0v) is 14.7. The number of benzene rings is 1. The van der Waals surface area contributed by atoms with Crippen LogP contribution < -0.4 is 0 Å². The second-order valence-corrected chi connectivity index (χ2v) is 7.34. The minimum absolute atomic E-state index is 0.310. The van der Waals surface area contributed by atoms with Crippen LogP contribution in [0, 0.1) is 5.92 Å². The second kappa shape index (κ2) is 6.24. The summed E-state index contributed by atoms with van der Waals surface area (Å²) in [6, 6.07) is 14.6. The van der Waals surface area contributed by atoms with Gasteiger partial charge in [0.05, 0.1) is 11.0 Å². The van der Waals surface area contributed by atoms with Crippen molar-refractivity contribution in [3.63, 3.8) is 0 Å². The molecule has 5 nitrogen and oxygen atoms in total. The van der Waals surface area contributed by atoms with E-state index in [-0.39, 0.29) is 0 Å². The zero-order chi connectivity index (χ0) is 17.5. The SMILES string of the molecule is O=C(C1CC1)N1CCC(n2c(-c3ccccn3)nc3ccccc32)CC1.